The summed E-state index contributed by atoms with van der Waals surface area (Å²) in [6.45, 7) is 0. The van der Waals surface area contributed by atoms with Gasteiger partial charge in [-0.2, -0.15) is 5.26 Å². The van der Waals surface area contributed by atoms with Gasteiger partial charge in [-0.05, 0) is 41.8 Å². The number of rotatable bonds is 6. The summed E-state index contributed by atoms with van der Waals surface area (Å²) in [4.78, 5) is 12.4. The highest BCUT2D eigenvalue weighted by Crippen LogP contribution is 2.21. The Morgan fingerprint density at radius 1 is 1.10 bits per heavy atom. The quantitative estimate of drug-likeness (QED) is 0.617. The van der Waals surface area contributed by atoms with Crippen LogP contribution in [0.15, 0.2) is 64.2 Å². The van der Waals surface area contributed by atoms with Crippen molar-refractivity contribution in [1.82, 2.24) is 5.32 Å². The number of nitrogens with zero attached hydrogens (tertiary/aromatic N) is 1. The van der Waals surface area contributed by atoms with Gasteiger partial charge in [0, 0.05) is 22.9 Å². The van der Waals surface area contributed by atoms with Gasteiger partial charge < -0.3 is 5.32 Å². The molecular formula is C19H13F2N3O3S2. The van der Waals surface area contributed by atoms with E-state index in [1.54, 1.807) is 17.5 Å². The van der Waals surface area contributed by atoms with Crippen molar-refractivity contribution in [2.75, 3.05) is 4.72 Å². The van der Waals surface area contributed by atoms with E-state index in [-0.39, 0.29) is 21.0 Å². The van der Waals surface area contributed by atoms with Crippen molar-refractivity contribution < 1.29 is 22.0 Å². The van der Waals surface area contributed by atoms with Crippen molar-refractivity contribution in [3.8, 4) is 6.07 Å². The summed E-state index contributed by atoms with van der Waals surface area (Å²) in [5.41, 5.74) is 0.214. The lowest BCUT2D eigenvalue weighted by atomic mass is 10.1. The molecule has 0 aliphatic heterocycles. The van der Waals surface area contributed by atoms with E-state index in [9.17, 15) is 27.3 Å². The summed E-state index contributed by atoms with van der Waals surface area (Å²) in [7, 11) is -3.72. The third-order valence-corrected chi connectivity index (χ3v) is 6.62. The summed E-state index contributed by atoms with van der Waals surface area (Å²) in [6.07, 6.45) is 0. The topological polar surface area (TPSA) is 99.1 Å². The molecule has 0 aliphatic rings. The smallest absolute Gasteiger partial charge is 0.271 e. The van der Waals surface area contributed by atoms with Gasteiger partial charge in [0.2, 0.25) is 0 Å². The zero-order valence-electron chi connectivity index (χ0n) is 14.6. The number of nitriles is 1. The van der Waals surface area contributed by atoms with Gasteiger partial charge in [0.15, 0.2) is 0 Å². The number of thiophene rings is 1. The lowest BCUT2D eigenvalue weighted by Crippen LogP contribution is -2.28. The molecule has 1 unspecified atom stereocenters. The first-order chi connectivity index (χ1) is 13.8. The number of halogens is 2. The molecule has 1 amide bonds. The van der Waals surface area contributed by atoms with Gasteiger partial charge in [-0.1, -0.05) is 12.1 Å². The number of nitrogens with one attached hydrogen (secondary N) is 2. The van der Waals surface area contributed by atoms with Crippen molar-refractivity contribution in [3.05, 3.63) is 82.7 Å². The van der Waals surface area contributed by atoms with Gasteiger partial charge in [0.1, 0.15) is 21.9 Å². The van der Waals surface area contributed by atoms with Crippen molar-refractivity contribution in [2.24, 2.45) is 0 Å². The van der Waals surface area contributed by atoms with Crippen LogP contribution in [0.25, 0.3) is 0 Å². The van der Waals surface area contributed by atoms with Crippen LogP contribution in [0, 0.1) is 23.0 Å². The molecule has 29 heavy (non-hydrogen) atoms. The molecule has 0 bridgehead atoms. The summed E-state index contributed by atoms with van der Waals surface area (Å²) in [5.74, 6) is -2.42. The average Bonchev–Trinajstić information content (AvgIpc) is 3.22. The predicted molar refractivity (Wildman–Crippen MR) is 104 cm³/mol. The van der Waals surface area contributed by atoms with Crippen LogP contribution in [-0.2, 0) is 10.0 Å². The van der Waals surface area contributed by atoms with Crippen LogP contribution in [0.3, 0.4) is 0 Å². The fraction of sp³-hybridized carbons (Fsp3) is 0.0526. The van der Waals surface area contributed by atoms with Gasteiger partial charge in [-0.15, -0.1) is 11.3 Å². The normalized spacial score (nSPS) is 12.0. The maximum Gasteiger partial charge on any atom is 0.271 e. The SMILES string of the molecule is N#CC(NC(=O)c1ccc(NS(=O)(=O)c2cccs2)cc1)c1ccc(F)cc1F. The summed E-state index contributed by atoms with van der Waals surface area (Å²) < 4.78 is 53.8. The zero-order valence-corrected chi connectivity index (χ0v) is 16.2. The summed E-state index contributed by atoms with van der Waals surface area (Å²) in [6, 6.07) is 11.7. The fourth-order valence-corrected chi connectivity index (χ4v) is 4.49. The molecule has 0 fully saturated rings. The Kier molecular flexibility index (Phi) is 5.91. The Morgan fingerprint density at radius 2 is 1.83 bits per heavy atom. The largest absolute Gasteiger partial charge is 0.332 e. The van der Waals surface area contributed by atoms with Crippen LogP contribution in [0.1, 0.15) is 22.0 Å². The van der Waals surface area contributed by atoms with Crippen LogP contribution >= 0.6 is 11.3 Å². The van der Waals surface area contributed by atoms with E-state index in [0.717, 1.165) is 23.5 Å². The van der Waals surface area contributed by atoms with Crippen LogP contribution in [0.2, 0.25) is 0 Å². The van der Waals surface area contributed by atoms with E-state index in [2.05, 4.69) is 10.0 Å². The molecule has 2 aromatic carbocycles. The predicted octanol–water partition coefficient (Wildman–Crippen LogP) is 3.82. The average molecular weight is 433 g/mol. The minimum atomic E-state index is -3.72. The molecule has 3 aromatic rings. The van der Waals surface area contributed by atoms with E-state index in [4.69, 9.17) is 0 Å². The molecule has 0 spiro atoms. The lowest BCUT2D eigenvalue weighted by molar-refractivity contribution is 0.0944. The van der Waals surface area contributed by atoms with Crippen molar-refractivity contribution in [3.63, 3.8) is 0 Å². The number of sulfonamides is 1. The van der Waals surface area contributed by atoms with E-state index in [1.165, 1.54) is 30.3 Å². The molecule has 0 aliphatic carbocycles. The first kappa shape index (κ1) is 20.4. The number of benzene rings is 2. The van der Waals surface area contributed by atoms with E-state index >= 15 is 0 Å². The highest BCUT2D eigenvalue weighted by Gasteiger charge is 2.20. The summed E-state index contributed by atoms with van der Waals surface area (Å²) in [5, 5.41) is 13.2. The third kappa shape index (κ3) is 4.77. The minimum absolute atomic E-state index is 0.131. The highest BCUT2D eigenvalue weighted by atomic mass is 32.2. The first-order valence-electron chi connectivity index (χ1n) is 8.12. The Balaban J connectivity index is 1.72. The summed E-state index contributed by atoms with van der Waals surface area (Å²) >= 11 is 1.07. The van der Waals surface area contributed by atoms with E-state index < -0.39 is 33.6 Å². The van der Waals surface area contributed by atoms with Crippen LogP contribution in [0.5, 0.6) is 0 Å². The molecule has 0 radical (unpaired) electrons. The number of amides is 1. The van der Waals surface area contributed by atoms with Gasteiger partial charge in [0.25, 0.3) is 15.9 Å². The van der Waals surface area contributed by atoms with Crippen molar-refractivity contribution >= 4 is 33.0 Å². The second-order valence-electron chi connectivity index (χ2n) is 5.82. The third-order valence-electron chi connectivity index (χ3n) is 3.84. The molecule has 0 saturated carbocycles. The number of carbonyl (C=O) groups is 1. The Morgan fingerprint density at radius 3 is 2.41 bits per heavy atom. The van der Waals surface area contributed by atoms with E-state index in [0.29, 0.717) is 6.07 Å². The minimum Gasteiger partial charge on any atom is -0.332 e. The number of hydrogen-bond donors (Lipinski definition) is 2. The highest BCUT2D eigenvalue weighted by molar-refractivity contribution is 7.94. The number of carbonyl (C=O) groups excluding carboxylic acids is 1. The Hall–Kier alpha value is -3.29. The number of hydrogen-bond acceptors (Lipinski definition) is 5. The maximum absolute atomic E-state index is 13.9. The zero-order chi connectivity index (χ0) is 21.0. The first-order valence-corrected chi connectivity index (χ1v) is 10.5. The molecule has 0 saturated heterocycles. The Bertz CT molecular complexity index is 1170. The van der Waals surface area contributed by atoms with Crippen molar-refractivity contribution in [2.45, 2.75) is 10.3 Å². The molecule has 2 N–H and O–H groups in total. The standard InChI is InChI=1S/C19H13F2N3O3S2/c20-13-5-8-15(16(21)10-13)17(11-22)23-19(25)12-3-6-14(7-4-12)24-29(26,27)18-2-1-9-28-18/h1-10,17,24H,(H,23,25). The monoisotopic (exact) mass is 433 g/mol. The van der Waals surface area contributed by atoms with Gasteiger partial charge in [0.05, 0.1) is 6.07 Å². The maximum atomic E-state index is 13.9. The number of anilines is 1. The fourth-order valence-electron chi connectivity index (χ4n) is 2.44. The molecule has 10 heteroatoms. The van der Waals surface area contributed by atoms with Gasteiger partial charge in [-0.3, -0.25) is 9.52 Å². The van der Waals surface area contributed by atoms with Crippen molar-refractivity contribution in [1.29, 1.82) is 5.26 Å². The van der Waals surface area contributed by atoms with Crippen LogP contribution in [0.4, 0.5) is 14.5 Å². The molecule has 1 heterocycles. The lowest BCUT2D eigenvalue weighted by Gasteiger charge is -2.13. The molecule has 6 nitrogen and oxygen atoms in total. The van der Waals surface area contributed by atoms with Crippen LogP contribution in [-0.4, -0.2) is 14.3 Å². The van der Waals surface area contributed by atoms with Gasteiger partial charge >= 0.3 is 0 Å². The van der Waals surface area contributed by atoms with Gasteiger partial charge in [-0.25, -0.2) is 17.2 Å². The molecule has 1 aromatic heterocycles. The molecule has 1 atom stereocenters. The van der Waals surface area contributed by atoms with Crippen LogP contribution < -0.4 is 10.0 Å². The molecular weight excluding hydrogens is 420 g/mol. The molecule has 3 rings (SSSR count). The second kappa shape index (κ2) is 8.38. The van der Waals surface area contributed by atoms with E-state index in [1.807, 2.05) is 0 Å². The Labute approximate surface area is 169 Å². The molecule has 148 valence electrons. The second-order valence-corrected chi connectivity index (χ2v) is 8.67.